The van der Waals surface area contributed by atoms with E-state index in [1.807, 2.05) is 11.0 Å². The van der Waals surface area contributed by atoms with Crippen molar-refractivity contribution in [3.05, 3.63) is 28.7 Å². The minimum Gasteiger partial charge on any atom is -0.305 e. The maximum Gasteiger partial charge on any atom is 0.391 e. The largest absolute Gasteiger partial charge is 0.391 e. The van der Waals surface area contributed by atoms with Crippen LogP contribution in [0.1, 0.15) is 44.6 Å². The van der Waals surface area contributed by atoms with Gasteiger partial charge in [-0.1, -0.05) is 0 Å². The van der Waals surface area contributed by atoms with Gasteiger partial charge in [0.2, 0.25) is 0 Å². The molecule has 10 heteroatoms. The normalized spacial score (nSPS) is 24.6. The SMILES string of the molecule is CS(=O)c1ccc2c(c1)[nH]c(=O)n2C1CCN(CC(=O)C2CCC(C(F)(F)F)CC2)CC1. The van der Waals surface area contributed by atoms with E-state index < -0.39 is 22.9 Å². The van der Waals surface area contributed by atoms with Crippen molar-refractivity contribution in [2.75, 3.05) is 25.9 Å². The van der Waals surface area contributed by atoms with Crippen LogP contribution in [0, 0.1) is 11.8 Å². The molecule has 1 aromatic carbocycles. The molecule has 1 unspecified atom stereocenters. The molecule has 0 radical (unpaired) electrons. The van der Waals surface area contributed by atoms with Crippen LogP contribution in [0.2, 0.25) is 0 Å². The summed E-state index contributed by atoms with van der Waals surface area (Å²) >= 11 is 0. The van der Waals surface area contributed by atoms with E-state index in [2.05, 4.69) is 4.98 Å². The predicted molar refractivity (Wildman–Crippen MR) is 116 cm³/mol. The molecule has 2 aromatic rings. The van der Waals surface area contributed by atoms with Gasteiger partial charge in [0, 0.05) is 47.0 Å². The van der Waals surface area contributed by atoms with Crippen LogP contribution in [-0.2, 0) is 15.6 Å². The van der Waals surface area contributed by atoms with E-state index in [-0.39, 0.29) is 42.8 Å². The highest BCUT2D eigenvalue weighted by Gasteiger charge is 2.42. The van der Waals surface area contributed by atoms with Gasteiger partial charge in [-0.3, -0.25) is 18.5 Å². The Labute approximate surface area is 186 Å². The maximum atomic E-state index is 12.8. The van der Waals surface area contributed by atoms with Crippen LogP contribution >= 0.6 is 0 Å². The Bertz CT molecular complexity index is 1060. The van der Waals surface area contributed by atoms with Crippen LogP contribution in [0.5, 0.6) is 0 Å². The van der Waals surface area contributed by atoms with Crippen LogP contribution in [0.15, 0.2) is 27.9 Å². The molecule has 1 N–H and O–H groups in total. The monoisotopic (exact) mass is 471 g/mol. The Morgan fingerprint density at radius 2 is 1.78 bits per heavy atom. The molecule has 1 saturated heterocycles. The van der Waals surface area contributed by atoms with Crippen LogP contribution in [0.4, 0.5) is 13.2 Å². The summed E-state index contributed by atoms with van der Waals surface area (Å²) < 4.78 is 52.0. The standard InChI is InChI=1S/C22H28F3N3O3S/c1-32(31)17-6-7-19-18(12-17)26-21(30)28(19)16-8-10-27(11-9-16)13-20(29)14-2-4-15(5-3-14)22(23,24)25/h6-7,12,14-16H,2-5,8-11,13H2,1H3,(H,26,30). The van der Waals surface area contributed by atoms with E-state index >= 15 is 0 Å². The second-order valence-corrected chi connectivity index (χ2v) is 10.4. The number of piperidine rings is 1. The maximum absolute atomic E-state index is 12.8. The second-order valence-electron chi connectivity index (χ2n) is 9.00. The number of hydrogen-bond donors (Lipinski definition) is 1. The number of hydrogen-bond acceptors (Lipinski definition) is 4. The number of rotatable bonds is 5. The molecule has 0 spiro atoms. The quantitative estimate of drug-likeness (QED) is 0.723. The average Bonchev–Trinajstić information content (AvgIpc) is 3.08. The summed E-state index contributed by atoms with van der Waals surface area (Å²) in [5.41, 5.74) is 1.24. The first-order valence-electron chi connectivity index (χ1n) is 11.0. The first-order valence-corrected chi connectivity index (χ1v) is 12.6. The van der Waals surface area contributed by atoms with E-state index in [1.165, 1.54) is 0 Å². The molecule has 1 saturated carbocycles. The van der Waals surface area contributed by atoms with E-state index in [0.29, 0.717) is 49.2 Å². The van der Waals surface area contributed by atoms with Gasteiger partial charge >= 0.3 is 11.9 Å². The van der Waals surface area contributed by atoms with Crippen molar-refractivity contribution < 1.29 is 22.2 Å². The summed E-state index contributed by atoms with van der Waals surface area (Å²) in [5.74, 6) is -1.51. The minimum atomic E-state index is -4.16. The molecule has 1 aliphatic heterocycles. The number of Topliss-reactive ketones (excluding diaryl/α,β-unsaturated/α-hetero) is 1. The molecule has 1 aromatic heterocycles. The van der Waals surface area contributed by atoms with Gasteiger partial charge in [0.15, 0.2) is 0 Å². The van der Waals surface area contributed by atoms with Crippen molar-refractivity contribution in [3.8, 4) is 0 Å². The lowest BCUT2D eigenvalue weighted by Crippen LogP contribution is -2.41. The molecule has 1 atom stereocenters. The number of H-pyrrole nitrogens is 1. The molecule has 4 rings (SSSR count). The Morgan fingerprint density at radius 1 is 1.12 bits per heavy atom. The zero-order valence-electron chi connectivity index (χ0n) is 18.0. The molecule has 2 fully saturated rings. The van der Waals surface area contributed by atoms with Gasteiger partial charge in [-0.15, -0.1) is 0 Å². The van der Waals surface area contributed by atoms with Gasteiger partial charge in [0.1, 0.15) is 5.78 Å². The highest BCUT2D eigenvalue weighted by atomic mass is 32.2. The van der Waals surface area contributed by atoms with Gasteiger partial charge in [-0.05, 0) is 56.7 Å². The number of nitrogens with one attached hydrogen (secondary N) is 1. The lowest BCUT2D eigenvalue weighted by molar-refractivity contribution is -0.184. The number of halogens is 3. The Kier molecular flexibility index (Phi) is 6.63. The van der Waals surface area contributed by atoms with E-state index in [4.69, 9.17) is 0 Å². The van der Waals surface area contributed by atoms with Crippen LogP contribution in [0.3, 0.4) is 0 Å². The molecule has 176 valence electrons. The zero-order chi connectivity index (χ0) is 23.0. The first-order chi connectivity index (χ1) is 15.1. The number of ketones is 1. The lowest BCUT2D eigenvalue weighted by Gasteiger charge is -2.34. The third-order valence-electron chi connectivity index (χ3n) is 6.97. The number of imidazole rings is 1. The van der Waals surface area contributed by atoms with E-state index in [0.717, 1.165) is 5.52 Å². The molecule has 2 heterocycles. The topological polar surface area (TPSA) is 75.2 Å². The number of nitrogens with zero attached hydrogens (tertiary/aromatic N) is 2. The number of carbonyl (C=O) groups excluding carboxylic acids is 1. The Morgan fingerprint density at radius 3 is 2.38 bits per heavy atom. The minimum absolute atomic E-state index is 0.00259. The Balaban J connectivity index is 1.34. The summed E-state index contributed by atoms with van der Waals surface area (Å²) in [7, 11) is -1.13. The van der Waals surface area contributed by atoms with Crippen molar-refractivity contribution in [1.29, 1.82) is 0 Å². The number of alkyl halides is 3. The van der Waals surface area contributed by atoms with Crippen LogP contribution in [0.25, 0.3) is 11.0 Å². The smallest absolute Gasteiger partial charge is 0.305 e. The molecule has 6 nitrogen and oxygen atoms in total. The second kappa shape index (κ2) is 9.13. The molecule has 1 aliphatic carbocycles. The lowest BCUT2D eigenvalue weighted by atomic mass is 9.79. The zero-order valence-corrected chi connectivity index (χ0v) is 18.8. The van der Waals surface area contributed by atoms with Crippen molar-refractivity contribution in [1.82, 2.24) is 14.5 Å². The molecule has 32 heavy (non-hydrogen) atoms. The van der Waals surface area contributed by atoms with E-state index in [9.17, 15) is 27.0 Å². The summed E-state index contributed by atoms with van der Waals surface area (Å²) in [6, 6.07) is 5.33. The molecular weight excluding hydrogens is 443 g/mol. The average molecular weight is 472 g/mol. The van der Waals surface area contributed by atoms with Gasteiger partial charge < -0.3 is 4.98 Å². The van der Waals surface area contributed by atoms with Gasteiger partial charge in [0.05, 0.1) is 23.5 Å². The summed E-state index contributed by atoms with van der Waals surface area (Å²) in [5, 5.41) is 0. The highest BCUT2D eigenvalue weighted by molar-refractivity contribution is 7.84. The van der Waals surface area contributed by atoms with Crippen molar-refractivity contribution >= 4 is 27.6 Å². The first kappa shape index (κ1) is 23.2. The highest BCUT2D eigenvalue weighted by Crippen LogP contribution is 2.39. The molecule has 0 bridgehead atoms. The summed E-state index contributed by atoms with van der Waals surface area (Å²) in [6.45, 7) is 1.58. The van der Waals surface area contributed by atoms with Crippen molar-refractivity contribution in [3.63, 3.8) is 0 Å². The number of fused-ring (bicyclic) bond motifs is 1. The predicted octanol–water partition coefficient (Wildman–Crippen LogP) is 3.64. The summed E-state index contributed by atoms with van der Waals surface area (Å²) in [6.07, 6.45) is -0.438. The summed E-state index contributed by atoms with van der Waals surface area (Å²) in [4.78, 5) is 30.8. The van der Waals surface area contributed by atoms with Gasteiger partial charge in [0.25, 0.3) is 0 Å². The van der Waals surface area contributed by atoms with E-state index in [1.54, 1.807) is 23.0 Å². The van der Waals surface area contributed by atoms with Crippen LogP contribution < -0.4 is 5.69 Å². The number of likely N-dealkylation sites (tertiary alicyclic amines) is 1. The fraction of sp³-hybridized carbons (Fsp3) is 0.636. The number of aromatic amines is 1. The molecule has 0 amide bonds. The van der Waals surface area contributed by atoms with Crippen molar-refractivity contribution in [2.24, 2.45) is 11.8 Å². The third kappa shape index (κ3) is 4.85. The van der Waals surface area contributed by atoms with Crippen LogP contribution in [-0.4, -0.2) is 56.5 Å². The number of benzene rings is 1. The number of aromatic nitrogens is 2. The fourth-order valence-corrected chi connectivity index (χ4v) is 5.62. The van der Waals surface area contributed by atoms with Gasteiger partial charge in [-0.2, -0.15) is 13.2 Å². The molecular formula is C22H28F3N3O3S. The third-order valence-corrected chi connectivity index (χ3v) is 7.88. The van der Waals surface area contributed by atoms with Crippen molar-refractivity contribution in [2.45, 2.75) is 55.6 Å². The van der Waals surface area contributed by atoms with Gasteiger partial charge in [-0.25, -0.2) is 4.79 Å². The molecule has 2 aliphatic rings. The number of carbonyl (C=O) groups is 1. The fourth-order valence-electron chi connectivity index (χ4n) is 5.08. The Hall–Kier alpha value is -1.94.